The second kappa shape index (κ2) is 7.79. The van der Waals surface area contributed by atoms with Crippen LogP contribution < -0.4 is 0 Å². The summed E-state index contributed by atoms with van der Waals surface area (Å²) in [5, 5.41) is 11.2. The van der Waals surface area contributed by atoms with Crippen LogP contribution in [0.25, 0.3) is 0 Å². The minimum Gasteiger partial charge on any atom is -0.411 e. The predicted octanol–water partition coefficient (Wildman–Crippen LogP) is 2.92. The molecule has 0 aromatic rings. The third-order valence-electron chi connectivity index (χ3n) is 1.31. The maximum absolute atomic E-state index is 8.25. The van der Waals surface area contributed by atoms with E-state index in [1.165, 1.54) is 6.21 Å². The zero-order valence-corrected chi connectivity index (χ0v) is 7.57. The molecule has 0 atom stereocenters. The van der Waals surface area contributed by atoms with Gasteiger partial charge in [-0.2, -0.15) is 0 Å². The van der Waals surface area contributed by atoms with Crippen LogP contribution in [0.5, 0.6) is 0 Å². The van der Waals surface area contributed by atoms with E-state index in [0.29, 0.717) is 0 Å². The van der Waals surface area contributed by atoms with E-state index in [2.05, 4.69) is 18.2 Å². The molecular weight excluding hydrogens is 150 g/mol. The van der Waals surface area contributed by atoms with Gasteiger partial charge in [0.15, 0.2) is 0 Å². The maximum atomic E-state index is 8.25. The van der Waals surface area contributed by atoms with Gasteiger partial charge in [-0.05, 0) is 18.9 Å². The number of hydrogen-bond acceptors (Lipinski definition) is 2. The third-order valence-corrected chi connectivity index (χ3v) is 1.31. The van der Waals surface area contributed by atoms with Crippen molar-refractivity contribution in [2.24, 2.45) is 5.16 Å². The molecule has 0 bridgehead atoms. The van der Waals surface area contributed by atoms with Gasteiger partial charge in [0.25, 0.3) is 0 Å². The average Bonchev–Trinajstić information content (AvgIpc) is 2.10. The van der Waals surface area contributed by atoms with Crippen LogP contribution in [0.1, 0.15) is 20.3 Å². The van der Waals surface area contributed by atoms with Crippen molar-refractivity contribution in [2.45, 2.75) is 20.3 Å². The number of allylic oxidation sites excluding steroid dienone is 6. The van der Waals surface area contributed by atoms with Crippen LogP contribution in [0.3, 0.4) is 0 Å². The van der Waals surface area contributed by atoms with Gasteiger partial charge in [-0.15, -0.1) is 0 Å². The van der Waals surface area contributed by atoms with E-state index in [1.54, 1.807) is 0 Å². The van der Waals surface area contributed by atoms with Crippen molar-refractivity contribution < 1.29 is 5.21 Å². The smallest absolute Gasteiger partial charge is 0.0730 e. The minimum atomic E-state index is 0.887. The second-order valence-electron chi connectivity index (χ2n) is 2.23. The number of rotatable bonds is 4. The lowest BCUT2D eigenvalue weighted by Gasteiger charge is -1.86. The Kier molecular flexibility index (Phi) is 6.94. The number of oxime groups is 1. The maximum Gasteiger partial charge on any atom is 0.0730 e. The van der Waals surface area contributed by atoms with Gasteiger partial charge in [-0.3, -0.25) is 0 Å². The fourth-order valence-corrected chi connectivity index (χ4v) is 0.662. The molecule has 0 rings (SSSR count). The van der Waals surface area contributed by atoms with Crippen molar-refractivity contribution in [1.82, 2.24) is 0 Å². The molecule has 0 heterocycles. The van der Waals surface area contributed by atoms with Crippen LogP contribution in [-0.4, -0.2) is 11.4 Å². The van der Waals surface area contributed by atoms with Gasteiger partial charge in [0, 0.05) is 0 Å². The summed E-state index contributed by atoms with van der Waals surface area (Å²) in [6.07, 6.45) is 12.1. The standard InChI is InChI=1S/C10H15NO/c1-3-5-6-7-8-10(4-2)9-11-12/h4-9,12H,3H2,1-2H3/b6-5-,8-7-,10-4+,11-9+. The van der Waals surface area contributed by atoms with Crippen molar-refractivity contribution in [3.05, 3.63) is 36.0 Å². The summed E-state index contributed by atoms with van der Waals surface area (Å²) < 4.78 is 0. The van der Waals surface area contributed by atoms with E-state index < -0.39 is 0 Å². The lowest BCUT2D eigenvalue weighted by Crippen LogP contribution is -1.77. The largest absolute Gasteiger partial charge is 0.411 e. The highest BCUT2D eigenvalue weighted by atomic mass is 16.4. The summed E-state index contributed by atoms with van der Waals surface area (Å²) in [5.74, 6) is 0. The van der Waals surface area contributed by atoms with Crippen LogP contribution in [-0.2, 0) is 0 Å². The quantitative estimate of drug-likeness (QED) is 0.295. The Morgan fingerprint density at radius 2 is 2.17 bits per heavy atom. The fourth-order valence-electron chi connectivity index (χ4n) is 0.662. The van der Waals surface area contributed by atoms with Gasteiger partial charge in [0.05, 0.1) is 6.21 Å². The van der Waals surface area contributed by atoms with E-state index in [1.807, 2.05) is 31.2 Å². The fraction of sp³-hybridized carbons (Fsp3) is 0.300. The van der Waals surface area contributed by atoms with Gasteiger partial charge in [0.1, 0.15) is 0 Å². The molecule has 2 heteroatoms. The van der Waals surface area contributed by atoms with Crippen molar-refractivity contribution in [3.63, 3.8) is 0 Å². The zero-order chi connectivity index (χ0) is 9.23. The zero-order valence-electron chi connectivity index (χ0n) is 7.57. The van der Waals surface area contributed by atoms with Crippen LogP contribution >= 0.6 is 0 Å². The summed E-state index contributed by atoms with van der Waals surface area (Å²) in [6, 6.07) is 0. The van der Waals surface area contributed by atoms with Gasteiger partial charge in [-0.1, -0.05) is 42.5 Å². The monoisotopic (exact) mass is 165 g/mol. The highest BCUT2D eigenvalue weighted by Crippen LogP contribution is 1.93. The first-order valence-corrected chi connectivity index (χ1v) is 4.02. The van der Waals surface area contributed by atoms with Gasteiger partial charge in [-0.25, -0.2) is 0 Å². The molecule has 1 N–H and O–H groups in total. The highest BCUT2D eigenvalue weighted by molar-refractivity contribution is 5.81. The Balaban J connectivity index is 4.03. The predicted molar refractivity (Wildman–Crippen MR) is 52.6 cm³/mol. The minimum absolute atomic E-state index is 0.887. The van der Waals surface area contributed by atoms with Crippen LogP contribution in [0, 0.1) is 0 Å². The summed E-state index contributed by atoms with van der Waals surface area (Å²) >= 11 is 0. The molecule has 12 heavy (non-hydrogen) atoms. The van der Waals surface area contributed by atoms with Gasteiger partial charge >= 0.3 is 0 Å². The van der Waals surface area contributed by atoms with E-state index in [0.717, 1.165) is 12.0 Å². The number of nitrogens with zero attached hydrogens (tertiary/aromatic N) is 1. The summed E-state index contributed by atoms with van der Waals surface area (Å²) in [7, 11) is 0. The Morgan fingerprint density at radius 1 is 1.42 bits per heavy atom. The van der Waals surface area contributed by atoms with E-state index >= 15 is 0 Å². The summed E-state index contributed by atoms with van der Waals surface area (Å²) in [4.78, 5) is 0. The highest BCUT2D eigenvalue weighted by Gasteiger charge is 1.80. The third kappa shape index (κ3) is 5.47. The number of hydrogen-bond donors (Lipinski definition) is 1. The van der Waals surface area contributed by atoms with Crippen molar-refractivity contribution in [2.75, 3.05) is 0 Å². The molecule has 0 spiro atoms. The molecule has 0 saturated heterocycles. The topological polar surface area (TPSA) is 32.6 Å². The first-order valence-electron chi connectivity index (χ1n) is 4.02. The molecule has 0 aromatic carbocycles. The van der Waals surface area contributed by atoms with Crippen LogP contribution in [0.15, 0.2) is 41.1 Å². The summed E-state index contributed by atoms with van der Waals surface area (Å²) in [5.41, 5.74) is 0.887. The molecule has 0 amide bonds. The molecule has 0 fully saturated rings. The average molecular weight is 165 g/mol. The molecule has 0 saturated carbocycles. The van der Waals surface area contributed by atoms with E-state index in [4.69, 9.17) is 5.21 Å². The Labute approximate surface area is 73.6 Å². The van der Waals surface area contributed by atoms with Crippen molar-refractivity contribution in [1.29, 1.82) is 0 Å². The van der Waals surface area contributed by atoms with Gasteiger partial charge in [0.2, 0.25) is 0 Å². The van der Waals surface area contributed by atoms with Crippen molar-refractivity contribution >= 4 is 6.21 Å². The molecule has 0 aliphatic carbocycles. The molecule has 0 radical (unpaired) electrons. The summed E-state index contributed by atoms with van der Waals surface area (Å²) in [6.45, 7) is 3.97. The SMILES string of the molecule is C/C=C(\C=C/C=C\CC)/C=N/O. The Hall–Kier alpha value is -1.31. The molecule has 66 valence electrons. The first-order chi connectivity index (χ1) is 5.85. The van der Waals surface area contributed by atoms with Crippen LogP contribution in [0.4, 0.5) is 0 Å². The lowest BCUT2D eigenvalue weighted by atomic mass is 10.2. The molecule has 0 aromatic heterocycles. The second-order valence-corrected chi connectivity index (χ2v) is 2.23. The molecule has 0 unspecified atom stereocenters. The first kappa shape index (κ1) is 10.7. The van der Waals surface area contributed by atoms with E-state index in [-0.39, 0.29) is 0 Å². The normalized spacial score (nSPS) is 14.0. The van der Waals surface area contributed by atoms with Gasteiger partial charge < -0.3 is 5.21 Å². The lowest BCUT2D eigenvalue weighted by molar-refractivity contribution is 0.322. The molecule has 0 aliphatic rings. The molecule has 2 nitrogen and oxygen atoms in total. The molecule has 0 aliphatic heterocycles. The van der Waals surface area contributed by atoms with Crippen molar-refractivity contribution in [3.8, 4) is 0 Å². The molecular formula is C10H15NO. The Bertz CT molecular complexity index is 212. The van der Waals surface area contributed by atoms with E-state index in [9.17, 15) is 0 Å². The van der Waals surface area contributed by atoms with Crippen LogP contribution in [0.2, 0.25) is 0 Å². The Morgan fingerprint density at radius 3 is 2.67 bits per heavy atom.